The van der Waals surface area contributed by atoms with Crippen LogP contribution in [0.5, 0.6) is 11.5 Å². The molecule has 0 aromatic heterocycles. The van der Waals surface area contributed by atoms with Gasteiger partial charge in [0.05, 0.1) is 14.2 Å². The summed E-state index contributed by atoms with van der Waals surface area (Å²) in [5, 5.41) is 3.14. The first-order valence-electron chi connectivity index (χ1n) is 5.81. The molecular formula is C13H22N2O2. The van der Waals surface area contributed by atoms with E-state index in [9.17, 15) is 0 Å². The number of rotatable bonds is 7. The highest BCUT2D eigenvalue weighted by atomic mass is 16.5. The van der Waals surface area contributed by atoms with Crippen LogP contribution < -0.4 is 19.7 Å². The molecule has 0 aliphatic heterocycles. The zero-order valence-electron chi connectivity index (χ0n) is 11.1. The molecule has 0 bridgehead atoms. The zero-order valence-corrected chi connectivity index (χ0v) is 11.1. The molecule has 1 N–H and O–H groups in total. The number of methoxy groups -OCH3 is 2. The smallest absolute Gasteiger partial charge is 0.145 e. The molecule has 0 spiro atoms. The van der Waals surface area contributed by atoms with Crippen LogP contribution in [0.15, 0.2) is 18.2 Å². The van der Waals surface area contributed by atoms with Crippen LogP contribution in [0.25, 0.3) is 0 Å². The van der Waals surface area contributed by atoms with Gasteiger partial charge in [-0.05, 0) is 32.1 Å². The molecule has 0 aliphatic carbocycles. The summed E-state index contributed by atoms with van der Waals surface area (Å²) >= 11 is 0. The summed E-state index contributed by atoms with van der Waals surface area (Å²) in [5.41, 5.74) is 1.01. The van der Waals surface area contributed by atoms with E-state index in [1.165, 1.54) is 0 Å². The van der Waals surface area contributed by atoms with Gasteiger partial charge in [0.2, 0.25) is 0 Å². The molecular weight excluding hydrogens is 216 g/mol. The Hall–Kier alpha value is -1.42. The van der Waals surface area contributed by atoms with Crippen LogP contribution in [0.3, 0.4) is 0 Å². The minimum Gasteiger partial charge on any atom is -0.494 e. The average Bonchev–Trinajstić information content (AvgIpc) is 2.37. The third-order valence-corrected chi connectivity index (χ3v) is 2.70. The van der Waals surface area contributed by atoms with Crippen molar-refractivity contribution in [2.75, 3.05) is 46.3 Å². The van der Waals surface area contributed by atoms with Crippen molar-refractivity contribution >= 4 is 5.69 Å². The molecule has 1 aromatic carbocycles. The van der Waals surface area contributed by atoms with Gasteiger partial charge in [0, 0.05) is 13.6 Å². The van der Waals surface area contributed by atoms with Crippen LogP contribution in [0, 0.1) is 0 Å². The molecule has 0 unspecified atom stereocenters. The van der Waals surface area contributed by atoms with Gasteiger partial charge in [-0.1, -0.05) is 6.07 Å². The van der Waals surface area contributed by atoms with E-state index in [-0.39, 0.29) is 0 Å². The van der Waals surface area contributed by atoms with Crippen molar-refractivity contribution in [3.8, 4) is 11.5 Å². The molecule has 0 amide bonds. The molecule has 96 valence electrons. The Morgan fingerprint density at radius 2 is 1.76 bits per heavy atom. The maximum atomic E-state index is 5.38. The van der Waals surface area contributed by atoms with Crippen LogP contribution in [0.1, 0.15) is 6.42 Å². The number of ether oxygens (including phenoxy) is 2. The first-order valence-corrected chi connectivity index (χ1v) is 5.81. The Morgan fingerprint density at radius 1 is 1.18 bits per heavy atom. The standard InChI is InChI=1S/C13H22N2O2/c1-14-9-6-10-15(2)13-11(16-3)7-5-8-12(13)17-4/h5,7-8,14H,6,9-10H2,1-4H3. The van der Waals surface area contributed by atoms with E-state index in [1.807, 2.05) is 25.2 Å². The van der Waals surface area contributed by atoms with E-state index < -0.39 is 0 Å². The lowest BCUT2D eigenvalue weighted by Gasteiger charge is -2.23. The Morgan fingerprint density at radius 3 is 2.24 bits per heavy atom. The van der Waals surface area contributed by atoms with Crippen molar-refractivity contribution in [1.82, 2.24) is 5.32 Å². The van der Waals surface area contributed by atoms with Crippen LogP contribution >= 0.6 is 0 Å². The summed E-state index contributed by atoms with van der Waals surface area (Å²) in [6.45, 7) is 1.96. The highest BCUT2D eigenvalue weighted by Crippen LogP contribution is 2.36. The summed E-state index contributed by atoms with van der Waals surface area (Å²) in [5.74, 6) is 1.69. The maximum absolute atomic E-state index is 5.38. The fourth-order valence-electron chi connectivity index (χ4n) is 1.81. The molecule has 0 aliphatic rings. The minimum atomic E-state index is 0.844. The molecule has 0 radical (unpaired) electrons. The monoisotopic (exact) mass is 238 g/mol. The molecule has 0 heterocycles. The van der Waals surface area contributed by atoms with Crippen molar-refractivity contribution < 1.29 is 9.47 Å². The van der Waals surface area contributed by atoms with Gasteiger partial charge < -0.3 is 19.7 Å². The van der Waals surface area contributed by atoms with E-state index in [0.717, 1.165) is 36.7 Å². The lowest BCUT2D eigenvalue weighted by Crippen LogP contribution is -2.23. The van der Waals surface area contributed by atoms with E-state index in [4.69, 9.17) is 9.47 Å². The number of para-hydroxylation sites is 1. The fraction of sp³-hybridized carbons (Fsp3) is 0.538. The van der Waals surface area contributed by atoms with Gasteiger partial charge in [0.15, 0.2) is 0 Å². The van der Waals surface area contributed by atoms with Crippen molar-refractivity contribution in [1.29, 1.82) is 0 Å². The second kappa shape index (κ2) is 7.01. The van der Waals surface area contributed by atoms with Gasteiger partial charge >= 0.3 is 0 Å². The molecule has 0 saturated carbocycles. The number of nitrogens with zero attached hydrogens (tertiary/aromatic N) is 1. The number of anilines is 1. The molecule has 4 heteroatoms. The molecule has 0 saturated heterocycles. The maximum Gasteiger partial charge on any atom is 0.145 e. The fourth-order valence-corrected chi connectivity index (χ4v) is 1.81. The summed E-state index contributed by atoms with van der Waals surface area (Å²) in [7, 11) is 7.37. The van der Waals surface area contributed by atoms with Gasteiger partial charge in [-0.15, -0.1) is 0 Å². The molecule has 0 fully saturated rings. The normalized spacial score (nSPS) is 10.1. The number of nitrogens with one attached hydrogen (secondary N) is 1. The summed E-state index contributed by atoms with van der Waals surface area (Å²) in [6, 6.07) is 5.83. The third-order valence-electron chi connectivity index (χ3n) is 2.70. The molecule has 1 rings (SSSR count). The van der Waals surface area contributed by atoms with Gasteiger partial charge in [-0.25, -0.2) is 0 Å². The SMILES string of the molecule is CNCCCN(C)c1c(OC)cccc1OC. The van der Waals surface area contributed by atoms with Crippen molar-refractivity contribution in [2.45, 2.75) is 6.42 Å². The Labute approximate surface area is 104 Å². The zero-order chi connectivity index (χ0) is 12.7. The lowest BCUT2D eigenvalue weighted by atomic mass is 10.2. The van der Waals surface area contributed by atoms with E-state index in [1.54, 1.807) is 14.2 Å². The lowest BCUT2D eigenvalue weighted by molar-refractivity contribution is 0.394. The topological polar surface area (TPSA) is 33.7 Å². The van der Waals surface area contributed by atoms with Gasteiger partial charge in [0.25, 0.3) is 0 Å². The van der Waals surface area contributed by atoms with E-state index in [2.05, 4.69) is 17.3 Å². The van der Waals surface area contributed by atoms with Gasteiger partial charge in [-0.3, -0.25) is 0 Å². The second-order valence-electron chi connectivity index (χ2n) is 3.89. The van der Waals surface area contributed by atoms with Gasteiger partial charge in [-0.2, -0.15) is 0 Å². The summed E-state index contributed by atoms with van der Waals surface area (Å²) < 4.78 is 10.8. The molecule has 1 aromatic rings. The Bertz CT molecular complexity index is 320. The second-order valence-corrected chi connectivity index (χ2v) is 3.89. The van der Waals surface area contributed by atoms with Crippen molar-refractivity contribution in [2.24, 2.45) is 0 Å². The molecule has 0 atom stereocenters. The number of hydrogen-bond acceptors (Lipinski definition) is 4. The third kappa shape index (κ3) is 3.53. The van der Waals surface area contributed by atoms with E-state index in [0.29, 0.717) is 0 Å². The van der Waals surface area contributed by atoms with E-state index >= 15 is 0 Å². The predicted molar refractivity (Wildman–Crippen MR) is 71.4 cm³/mol. The number of benzene rings is 1. The minimum absolute atomic E-state index is 0.844. The van der Waals surface area contributed by atoms with Crippen LogP contribution in [0.4, 0.5) is 5.69 Å². The molecule has 4 nitrogen and oxygen atoms in total. The largest absolute Gasteiger partial charge is 0.494 e. The number of hydrogen-bond donors (Lipinski definition) is 1. The first-order chi connectivity index (χ1) is 8.24. The average molecular weight is 238 g/mol. The van der Waals surface area contributed by atoms with Crippen molar-refractivity contribution in [3.63, 3.8) is 0 Å². The molecule has 17 heavy (non-hydrogen) atoms. The highest BCUT2D eigenvalue weighted by molar-refractivity contribution is 5.67. The quantitative estimate of drug-likeness (QED) is 0.734. The first kappa shape index (κ1) is 13.6. The summed E-state index contributed by atoms with van der Waals surface area (Å²) in [6.07, 6.45) is 1.08. The van der Waals surface area contributed by atoms with Crippen LogP contribution in [-0.4, -0.2) is 41.4 Å². The van der Waals surface area contributed by atoms with Crippen LogP contribution in [0.2, 0.25) is 0 Å². The predicted octanol–water partition coefficient (Wildman–Crippen LogP) is 1.75. The van der Waals surface area contributed by atoms with Gasteiger partial charge in [0.1, 0.15) is 17.2 Å². The Balaban J connectivity index is 2.85. The van der Waals surface area contributed by atoms with Crippen molar-refractivity contribution in [3.05, 3.63) is 18.2 Å². The highest BCUT2D eigenvalue weighted by Gasteiger charge is 2.13. The summed E-state index contributed by atoms with van der Waals surface area (Å²) in [4.78, 5) is 2.16. The Kier molecular flexibility index (Phi) is 5.63. The van der Waals surface area contributed by atoms with Crippen LogP contribution in [-0.2, 0) is 0 Å².